The van der Waals surface area contributed by atoms with Crippen LogP contribution in [-0.4, -0.2) is 38.6 Å². The number of hydrogen-bond acceptors (Lipinski definition) is 4. The number of amides is 1. The maximum absolute atomic E-state index is 12.1. The van der Waals surface area contributed by atoms with Gasteiger partial charge in [0.1, 0.15) is 0 Å². The average molecular weight is 317 g/mol. The smallest absolute Gasteiger partial charge is 0.226 e. The lowest BCUT2D eigenvalue weighted by atomic mass is 9.91. The SMILES string of the molecule is Cn1cc([C@@H]2OCCC[C@H]2CNC(=O)Cc2ccnn2C)cn1. The molecule has 1 N–H and O–H groups in total. The summed E-state index contributed by atoms with van der Waals surface area (Å²) < 4.78 is 9.44. The molecule has 7 heteroatoms. The Morgan fingerprint density at radius 1 is 1.43 bits per heavy atom. The van der Waals surface area contributed by atoms with Crippen molar-refractivity contribution in [1.29, 1.82) is 0 Å². The van der Waals surface area contributed by atoms with Crippen LogP contribution in [0.3, 0.4) is 0 Å². The zero-order valence-electron chi connectivity index (χ0n) is 13.6. The topological polar surface area (TPSA) is 74.0 Å². The Labute approximate surface area is 135 Å². The molecule has 1 aliphatic rings. The Morgan fingerprint density at radius 3 is 3.00 bits per heavy atom. The molecule has 0 radical (unpaired) electrons. The monoisotopic (exact) mass is 317 g/mol. The number of hydrogen-bond donors (Lipinski definition) is 1. The number of nitrogens with one attached hydrogen (secondary N) is 1. The van der Waals surface area contributed by atoms with Gasteiger partial charge in [0, 0.05) is 56.8 Å². The van der Waals surface area contributed by atoms with Crippen LogP contribution in [0.2, 0.25) is 0 Å². The molecule has 0 saturated carbocycles. The van der Waals surface area contributed by atoms with E-state index in [-0.39, 0.29) is 17.9 Å². The molecule has 0 bridgehead atoms. The molecule has 3 rings (SSSR count). The molecule has 23 heavy (non-hydrogen) atoms. The minimum absolute atomic E-state index is 0.00875. The van der Waals surface area contributed by atoms with E-state index in [1.165, 1.54) is 0 Å². The van der Waals surface area contributed by atoms with Gasteiger partial charge < -0.3 is 10.1 Å². The summed E-state index contributed by atoms with van der Waals surface area (Å²) in [5.74, 6) is 0.299. The molecule has 0 aromatic carbocycles. The number of aromatic nitrogens is 4. The van der Waals surface area contributed by atoms with Gasteiger partial charge in [0.15, 0.2) is 0 Å². The van der Waals surface area contributed by atoms with Gasteiger partial charge >= 0.3 is 0 Å². The lowest BCUT2D eigenvalue weighted by Crippen LogP contribution is -2.36. The minimum atomic E-state index is 0.00875. The van der Waals surface area contributed by atoms with Crippen LogP contribution in [0.15, 0.2) is 24.7 Å². The molecular weight excluding hydrogens is 294 g/mol. The summed E-state index contributed by atoms with van der Waals surface area (Å²) in [7, 11) is 3.74. The molecule has 1 saturated heterocycles. The highest BCUT2D eigenvalue weighted by Gasteiger charge is 2.28. The summed E-state index contributed by atoms with van der Waals surface area (Å²) in [5.41, 5.74) is 1.99. The summed E-state index contributed by atoms with van der Waals surface area (Å²) in [6.07, 6.45) is 7.97. The number of rotatable bonds is 5. The third-order valence-corrected chi connectivity index (χ3v) is 4.32. The molecular formula is C16H23N5O2. The van der Waals surface area contributed by atoms with Crippen LogP contribution in [-0.2, 0) is 30.0 Å². The average Bonchev–Trinajstić information content (AvgIpc) is 3.15. The van der Waals surface area contributed by atoms with E-state index in [4.69, 9.17) is 4.74 Å². The molecule has 0 aliphatic carbocycles. The Hall–Kier alpha value is -2.15. The fraction of sp³-hybridized carbons (Fsp3) is 0.562. The van der Waals surface area contributed by atoms with Crippen LogP contribution in [0, 0.1) is 5.92 Å². The molecule has 0 unspecified atom stereocenters. The lowest BCUT2D eigenvalue weighted by Gasteiger charge is -2.31. The van der Waals surface area contributed by atoms with Crippen LogP contribution in [0.25, 0.3) is 0 Å². The fourth-order valence-electron chi connectivity index (χ4n) is 3.05. The van der Waals surface area contributed by atoms with Crippen LogP contribution in [0.4, 0.5) is 0 Å². The highest BCUT2D eigenvalue weighted by atomic mass is 16.5. The second kappa shape index (κ2) is 6.95. The predicted molar refractivity (Wildman–Crippen MR) is 84.5 cm³/mol. The molecule has 2 atom stereocenters. The number of nitrogens with zero attached hydrogens (tertiary/aromatic N) is 4. The Balaban J connectivity index is 1.57. The van der Waals surface area contributed by atoms with Gasteiger partial charge in [-0.3, -0.25) is 14.2 Å². The standard InChI is InChI=1S/C16H23N5O2/c1-20-11-13(10-19-20)16-12(4-3-7-23-16)9-17-15(22)8-14-5-6-18-21(14)2/h5-6,10-12,16H,3-4,7-9H2,1-2H3,(H,17,22)/t12-,16+/m0/s1. The minimum Gasteiger partial charge on any atom is -0.373 e. The lowest BCUT2D eigenvalue weighted by molar-refractivity contribution is -0.121. The Morgan fingerprint density at radius 2 is 2.30 bits per heavy atom. The highest BCUT2D eigenvalue weighted by molar-refractivity contribution is 5.78. The van der Waals surface area contributed by atoms with Crippen molar-refractivity contribution in [2.45, 2.75) is 25.4 Å². The number of aryl methyl sites for hydroxylation is 2. The Bertz CT molecular complexity index is 663. The summed E-state index contributed by atoms with van der Waals surface area (Å²) in [4.78, 5) is 12.1. The van der Waals surface area contributed by atoms with Crippen LogP contribution in [0.1, 0.15) is 30.2 Å². The summed E-state index contributed by atoms with van der Waals surface area (Å²) in [6.45, 7) is 1.38. The molecule has 1 fully saturated rings. The molecule has 1 aliphatic heterocycles. The van der Waals surface area contributed by atoms with Gasteiger partial charge in [0.25, 0.3) is 0 Å². The summed E-state index contributed by atoms with van der Waals surface area (Å²) in [5, 5.41) is 11.3. The van der Waals surface area contributed by atoms with E-state index in [1.807, 2.05) is 32.6 Å². The predicted octanol–water partition coefficient (Wildman–Crippen LogP) is 0.980. The highest BCUT2D eigenvalue weighted by Crippen LogP contribution is 2.32. The van der Waals surface area contributed by atoms with Crippen LogP contribution in [0.5, 0.6) is 0 Å². The first-order valence-electron chi connectivity index (χ1n) is 7.97. The first kappa shape index (κ1) is 15.7. The van der Waals surface area contributed by atoms with Crippen LogP contribution >= 0.6 is 0 Å². The maximum Gasteiger partial charge on any atom is 0.226 e. The number of carbonyl (C=O) groups excluding carboxylic acids is 1. The third-order valence-electron chi connectivity index (χ3n) is 4.32. The molecule has 124 valence electrons. The number of ether oxygens (including phenoxy) is 1. The second-order valence-electron chi connectivity index (χ2n) is 6.07. The van der Waals surface area contributed by atoms with Gasteiger partial charge in [-0.1, -0.05) is 0 Å². The molecule has 3 heterocycles. The van der Waals surface area contributed by atoms with Gasteiger partial charge in [-0.15, -0.1) is 0 Å². The van der Waals surface area contributed by atoms with Crippen LogP contribution < -0.4 is 5.32 Å². The van der Waals surface area contributed by atoms with E-state index in [0.717, 1.165) is 30.7 Å². The fourth-order valence-corrected chi connectivity index (χ4v) is 3.05. The van der Waals surface area contributed by atoms with Gasteiger partial charge in [0.05, 0.1) is 18.7 Å². The van der Waals surface area contributed by atoms with Gasteiger partial charge in [0.2, 0.25) is 5.91 Å². The molecule has 2 aromatic heterocycles. The normalized spacial score (nSPS) is 21.3. The molecule has 0 spiro atoms. The van der Waals surface area contributed by atoms with Gasteiger partial charge in [-0.2, -0.15) is 10.2 Å². The van der Waals surface area contributed by atoms with Crippen molar-refractivity contribution < 1.29 is 9.53 Å². The Kier molecular flexibility index (Phi) is 4.76. The second-order valence-corrected chi connectivity index (χ2v) is 6.07. The van der Waals surface area contributed by atoms with Crippen molar-refractivity contribution in [2.75, 3.05) is 13.2 Å². The number of carbonyl (C=O) groups is 1. The van der Waals surface area contributed by atoms with Crippen molar-refractivity contribution in [3.8, 4) is 0 Å². The van der Waals surface area contributed by atoms with E-state index in [2.05, 4.69) is 15.5 Å². The molecule has 7 nitrogen and oxygen atoms in total. The summed E-state index contributed by atoms with van der Waals surface area (Å²) in [6, 6.07) is 1.86. The largest absolute Gasteiger partial charge is 0.373 e. The van der Waals surface area contributed by atoms with E-state index in [9.17, 15) is 4.79 Å². The quantitative estimate of drug-likeness (QED) is 0.892. The molecule has 1 amide bonds. The molecule has 2 aromatic rings. The van der Waals surface area contributed by atoms with Crippen molar-refractivity contribution in [1.82, 2.24) is 24.9 Å². The van der Waals surface area contributed by atoms with Gasteiger partial charge in [-0.05, 0) is 18.9 Å². The van der Waals surface area contributed by atoms with Crippen molar-refractivity contribution >= 4 is 5.91 Å². The van der Waals surface area contributed by atoms with E-state index in [0.29, 0.717) is 13.0 Å². The van der Waals surface area contributed by atoms with Crippen molar-refractivity contribution in [3.63, 3.8) is 0 Å². The third kappa shape index (κ3) is 3.79. The maximum atomic E-state index is 12.1. The van der Waals surface area contributed by atoms with Crippen molar-refractivity contribution in [2.24, 2.45) is 20.0 Å². The zero-order valence-corrected chi connectivity index (χ0v) is 13.6. The first-order valence-corrected chi connectivity index (χ1v) is 7.97. The zero-order chi connectivity index (χ0) is 16.2. The van der Waals surface area contributed by atoms with Gasteiger partial charge in [-0.25, -0.2) is 0 Å². The van der Waals surface area contributed by atoms with Crippen molar-refractivity contribution in [3.05, 3.63) is 35.9 Å². The van der Waals surface area contributed by atoms with E-state index < -0.39 is 0 Å². The summed E-state index contributed by atoms with van der Waals surface area (Å²) >= 11 is 0. The first-order chi connectivity index (χ1) is 11.1. The van der Waals surface area contributed by atoms with E-state index >= 15 is 0 Å². The van der Waals surface area contributed by atoms with E-state index in [1.54, 1.807) is 15.6 Å².